The molecule has 0 radical (unpaired) electrons. The molecule has 2 aromatic carbocycles. The van der Waals surface area contributed by atoms with E-state index in [4.69, 9.17) is 16.2 Å². The van der Waals surface area contributed by atoms with Gasteiger partial charge in [0.2, 0.25) is 5.91 Å². The Morgan fingerprint density at radius 2 is 1.96 bits per heavy atom. The van der Waals surface area contributed by atoms with Crippen LogP contribution in [0.25, 0.3) is 0 Å². The Morgan fingerprint density at radius 3 is 2.50 bits per heavy atom. The van der Waals surface area contributed by atoms with Crippen molar-refractivity contribution in [2.24, 2.45) is 0 Å². The highest BCUT2D eigenvalue weighted by Crippen LogP contribution is 2.24. The van der Waals surface area contributed by atoms with Crippen LogP contribution in [-0.4, -0.2) is 31.2 Å². The summed E-state index contributed by atoms with van der Waals surface area (Å²) < 4.78 is 18.4. The van der Waals surface area contributed by atoms with Gasteiger partial charge in [0.1, 0.15) is 11.9 Å². The number of carbonyl (C=O) groups excluding carboxylic acids is 2. The zero-order chi connectivity index (χ0) is 19.1. The number of hydrogen-bond donors (Lipinski definition) is 3. The van der Waals surface area contributed by atoms with E-state index in [0.717, 1.165) is 5.69 Å². The summed E-state index contributed by atoms with van der Waals surface area (Å²) in [5.41, 5.74) is 11.9. The van der Waals surface area contributed by atoms with Crippen LogP contribution in [0.1, 0.15) is 6.92 Å². The predicted octanol–water partition coefficient (Wildman–Crippen LogP) is 2.14. The minimum Gasteiger partial charge on any atom is -0.442 e. The first-order chi connectivity index (χ1) is 12.4. The highest BCUT2D eigenvalue weighted by molar-refractivity contribution is 5.90. The second-order valence-electron chi connectivity index (χ2n) is 5.67. The van der Waals surface area contributed by atoms with E-state index in [1.807, 2.05) is 30.3 Å². The minimum absolute atomic E-state index is 0.0195. The van der Waals surface area contributed by atoms with Crippen molar-refractivity contribution in [3.05, 3.63) is 54.3 Å². The standard InChI is InChI=1S/C12H14FN3O3.C6H7N/c1-7(17)15-5-9-6-16(12(18)19-9)8-2-3-11(14)10(13)4-8;7-6-4-2-1-3-5-6/h2-4,9H,5-6,14H2,1H3,(H,15,17);1-5H,7H2/t9-;/m0./s1. The fourth-order valence-electron chi connectivity index (χ4n) is 2.23. The molecule has 1 fully saturated rings. The lowest BCUT2D eigenvalue weighted by atomic mass is 10.2. The maximum Gasteiger partial charge on any atom is 0.414 e. The molecule has 7 nitrogen and oxygen atoms in total. The van der Waals surface area contributed by atoms with Crippen molar-refractivity contribution in [1.29, 1.82) is 0 Å². The van der Waals surface area contributed by atoms with E-state index in [2.05, 4.69) is 5.32 Å². The Labute approximate surface area is 150 Å². The average molecular weight is 360 g/mol. The number of ether oxygens (including phenoxy) is 1. The molecule has 5 N–H and O–H groups in total. The van der Waals surface area contributed by atoms with Crippen LogP contribution in [0, 0.1) is 5.82 Å². The number of carbonyl (C=O) groups is 2. The van der Waals surface area contributed by atoms with Gasteiger partial charge in [0.05, 0.1) is 24.5 Å². The average Bonchev–Trinajstić information content (AvgIpc) is 2.98. The molecule has 3 rings (SSSR count). The summed E-state index contributed by atoms with van der Waals surface area (Å²) in [7, 11) is 0. The number of halogens is 1. The summed E-state index contributed by atoms with van der Waals surface area (Å²) in [4.78, 5) is 23.8. The number of hydrogen-bond acceptors (Lipinski definition) is 5. The summed E-state index contributed by atoms with van der Waals surface area (Å²) in [5.74, 6) is -0.788. The van der Waals surface area contributed by atoms with Crippen LogP contribution >= 0.6 is 0 Å². The molecular weight excluding hydrogens is 339 g/mol. The van der Waals surface area contributed by atoms with Gasteiger partial charge in [-0.05, 0) is 30.3 Å². The molecule has 0 saturated carbocycles. The van der Waals surface area contributed by atoms with Crippen LogP contribution in [0.4, 0.5) is 26.2 Å². The smallest absolute Gasteiger partial charge is 0.414 e. The number of amides is 2. The maximum absolute atomic E-state index is 13.3. The molecule has 0 aromatic heterocycles. The van der Waals surface area contributed by atoms with Crippen molar-refractivity contribution in [3.63, 3.8) is 0 Å². The van der Waals surface area contributed by atoms with Crippen LogP contribution < -0.4 is 21.7 Å². The third-order valence-electron chi connectivity index (χ3n) is 3.55. The van der Waals surface area contributed by atoms with E-state index < -0.39 is 18.0 Å². The van der Waals surface area contributed by atoms with E-state index in [9.17, 15) is 14.0 Å². The monoisotopic (exact) mass is 360 g/mol. The number of nitrogens with zero attached hydrogens (tertiary/aromatic N) is 1. The van der Waals surface area contributed by atoms with Crippen LogP contribution in [0.5, 0.6) is 0 Å². The normalized spacial score (nSPS) is 15.7. The van der Waals surface area contributed by atoms with Gasteiger partial charge in [0.25, 0.3) is 0 Å². The molecule has 1 saturated heterocycles. The van der Waals surface area contributed by atoms with Crippen LogP contribution in [0.15, 0.2) is 48.5 Å². The van der Waals surface area contributed by atoms with Crippen molar-refractivity contribution in [3.8, 4) is 0 Å². The first kappa shape index (κ1) is 19.0. The number of rotatable bonds is 3. The molecule has 8 heteroatoms. The van der Waals surface area contributed by atoms with Gasteiger partial charge in [-0.2, -0.15) is 0 Å². The number of anilines is 3. The Hall–Kier alpha value is -3.29. The van der Waals surface area contributed by atoms with E-state index in [1.54, 1.807) is 6.07 Å². The van der Waals surface area contributed by atoms with Crippen molar-refractivity contribution < 1.29 is 18.7 Å². The lowest BCUT2D eigenvalue weighted by molar-refractivity contribution is -0.119. The first-order valence-corrected chi connectivity index (χ1v) is 7.95. The van der Waals surface area contributed by atoms with Crippen LogP contribution in [-0.2, 0) is 9.53 Å². The fourth-order valence-corrected chi connectivity index (χ4v) is 2.23. The summed E-state index contributed by atoms with van der Waals surface area (Å²) in [6, 6.07) is 13.6. The van der Waals surface area contributed by atoms with Crippen molar-refractivity contribution in [2.75, 3.05) is 29.5 Å². The highest BCUT2D eigenvalue weighted by Gasteiger charge is 2.32. The topological polar surface area (TPSA) is 111 Å². The third-order valence-corrected chi connectivity index (χ3v) is 3.55. The van der Waals surface area contributed by atoms with Crippen molar-refractivity contribution in [1.82, 2.24) is 5.32 Å². The van der Waals surface area contributed by atoms with Gasteiger partial charge in [0, 0.05) is 12.6 Å². The van der Waals surface area contributed by atoms with Gasteiger partial charge in [-0.3, -0.25) is 9.69 Å². The molecule has 0 aliphatic carbocycles. The number of nitrogen functional groups attached to an aromatic ring is 2. The molecular formula is C18H21FN4O3. The van der Waals surface area contributed by atoms with Gasteiger partial charge in [-0.25, -0.2) is 9.18 Å². The summed E-state index contributed by atoms with van der Waals surface area (Å²) in [5, 5.41) is 2.56. The van der Waals surface area contributed by atoms with Gasteiger partial charge < -0.3 is 21.5 Å². The Balaban J connectivity index is 0.000000290. The molecule has 1 heterocycles. The number of nitrogens with two attached hydrogens (primary N) is 2. The fraction of sp³-hybridized carbons (Fsp3) is 0.222. The summed E-state index contributed by atoms with van der Waals surface area (Å²) in [6.45, 7) is 1.86. The predicted molar refractivity (Wildman–Crippen MR) is 98.0 cm³/mol. The number of nitrogens with one attached hydrogen (secondary N) is 1. The molecule has 1 atom stereocenters. The van der Waals surface area contributed by atoms with E-state index >= 15 is 0 Å². The lowest BCUT2D eigenvalue weighted by Gasteiger charge is -2.13. The number of benzene rings is 2. The van der Waals surface area contributed by atoms with Gasteiger partial charge in [-0.1, -0.05) is 18.2 Å². The third kappa shape index (κ3) is 5.37. The summed E-state index contributed by atoms with van der Waals surface area (Å²) in [6.07, 6.45) is -1.02. The van der Waals surface area contributed by atoms with Gasteiger partial charge >= 0.3 is 6.09 Å². The highest BCUT2D eigenvalue weighted by atomic mass is 19.1. The Kier molecular flexibility index (Phi) is 6.37. The zero-order valence-electron chi connectivity index (χ0n) is 14.3. The molecule has 2 amide bonds. The first-order valence-electron chi connectivity index (χ1n) is 7.95. The Bertz CT molecular complexity index is 770. The molecule has 1 aliphatic rings. The SMILES string of the molecule is CC(=O)NC[C@H]1CN(c2ccc(N)c(F)c2)C(=O)O1.Nc1ccccc1. The molecule has 26 heavy (non-hydrogen) atoms. The molecule has 0 unspecified atom stereocenters. The minimum atomic E-state index is -0.587. The lowest BCUT2D eigenvalue weighted by Crippen LogP contribution is -2.33. The molecule has 0 bridgehead atoms. The van der Waals surface area contributed by atoms with Crippen molar-refractivity contribution >= 4 is 29.1 Å². The number of cyclic esters (lactones) is 1. The largest absolute Gasteiger partial charge is 0.442 e. The molecule has 1 aliphatic heterocycles. The zero-order valence-corrected chi connectivity index (χ0v) is 14.3. The van der Waals surface area contributed by atoms with Gasteiger partial charge in [0.15, 0.2) is 0 Å². The summed E-state index contributed by atoms with van der Waals surface area (Å²) >= 11 is 0. The van der Waals surface area contributed by atoms with Gasteiger partial charge in [-0.15, -0.1) is 0 Å². The van der Waals surface area contributed by atoms with Crippen LogP contribution in [0.3, 0.4) is 0 Å². The van der Waals surface area contributed by atoms with Crippen LogP contribution in [0.2, 0.25) is 0 Å². The van der Waals surface area contributed by atoms with Crippen molar-refractivity contribution in [2.45, 2.75) is 13.0 Å². The van der Waals surface area contributed by atoms with E-state index in [1.165, 1.54) is 24.0 Å². The maximum atomic E-state index is 13.3. The molecule has 138 valence electrons. The molecule has 0 spiro atoms. The van der Waals surface area contributed by atoms with E-state index in [0.29, 0.717) is 5.69 Å². The van der Waals surface area contributed by atoms with E-state index in [-0.39, 0.29) is 24.7 Å². The second-order valence-corrected chi connectivity index (χ2v) is 5.67. The Morgan fingerprint density at radius 1 is 1.27 bits per heavy atom. The quantitative estimate of drug-likeness (QED) is 0.726. The molecule has 2 aromatic rings. The second kappa shape index (κ2) is 8.70. The number of para-hydroxylation sites is 1.